The lowest BCUT2D eigenvalue weighted by Gasteiger charge is -2.39. The van der Waals surface area contributed by atoms with Gasteiger partial charge in [-0.25, -0.2) is 0 Å². The van der Waals surface area contributed by atoms with E-state index in [1.54, 1.807) is 0 Å². The minimum absolute atomic E-state index is 0.240. The maximum atomic E-state index is 4.63. The van der Waals surface area contributed by atoms with E-state index < -0.39 is 0 Å². The van der Waals surface area contributed by atoms with Gasteiger partial charge >= 0.3 is 0 Å². The van der Waals surface area contributed by atoms with Gasteiger partial charge in [-0.3, -0.25) is 4.99 Å². The van der Waals surface area contributed by atoms with Gasteiger partial charge in [0.2, 0.25) is 0 Å². The molecule has 2 aliphatic rings. The highest BCUT2D eigenvalue weighted by Gasteiger charge is 2.40. The molecule has 1 aliphatic heterocycles. The minimum atomic E-state index is 0.240. The molecule has 0 spiro atoms. The van der Waals surface area contributed by atoms with E-state index in [1.165, 1.54) is 17.5 Å². The van der Waals surface area contributed by atoms with Gasteiger partial charge in [0.15, 0.2) is 0 Å². The van der Waals surface area contributed by atoms with Gasteiger partial charge in [0.25, 0.3) is 0 Å². The third-order valence-electron chi connectivity index (χ3n) is 8.83. The Labute approximate surface area is 252 Å². The monoisotopic (exact) mass is 552 g/mol. The first-order valence-electron chi connectivity index (χ1n) is 16.0. The van der Waals surface area contributed by atoms with Crippen molar-refractivity contribution in [3.63, 3.8) is 0 Å². The normalized spacial score (nSPS) is 23.9. The van der Waals surface area contributed by atoms with Gasteiger partial charge in [-0.15, -0.1) is 0 Å². The van der Waals surface area contributed by atoms with Crippen molar-refractivity contribution in [2.45, 2.75) is 154 Å². The molecule has 1 heterocycles. The second-order valence-electron chi connectivity index (χ2n) is 18.9. The molecule has 0 saturated heterocycles. The van der Waals surface area contributed by atoms with E-state index in [1.807, 2.05) is 0 Å². The van der Waals surface area contributed by atoms with E-state index in [9.17, 15) is 0 Å². The SMILES string of the molecule is CC(C)(C)C1C=CCC1C(C)(C)C.CC(C)(C)C1CC=NC1C(C)(C)C.CC(C)(C)c1ccccc1C(C)(C)C. The molecule has 4 unspecified atom stereocenters. The predicted octanol–water partition coefficient (Wildman–Crippen LogP) is 12.1. The summed E-state index contributed by atoms with van der Waals surface area (Å²) in [5, 5.41) is 0. The summed E-state index contributed by atoms with van der Waals surface area (Å²) in [6.45, 7) is 41.7. The Kier molecular flexibility index (Phi) is 11.8. The molecule has 0 saturated carbocycles. The highest BCUT2D eigenvalue weighted by molar-refractivity contribution is 5.61. The van der Waals surface area contributed by atoms with Gasteiger partial charge in [-0.05, 0) is 80.4 Å². The van der Waals surface area contributed by atoms with Crippen LogP contribution in [0.25, 0.3) is 0 Å². The van der Waals surface area contributed by atoms with Crippen molar-refractivity contribution in [1.29, 1.82) is 0 Å². The third kappa shape index (κ3) is 10.8. The lowest BCUT2D eigenvalue weighted by atomic mass is 9.66. The first-order valence-corrected chi connectivity index (χ1v) is 16.0. The molecule has 0 N–H and O–H groups in total. The molecule has 4 atom stereocenters. The van der Waals surface area contributed by atoms with Crippen LogP contribution < -0.4 is 0 Å². The van der Waals surface area contributed by atoms with Crippen molar-refractivity contribution < 1.29 is 0 Å². The number of hydrogen-bond acceptors (Lipinski definition) is 1. The molecule has 0 amide bonds. The number of nitrogens with zero attached hydrogens (tertiary/aromatic N) is 1. The molecule has 1 heteroatoms. The van der Waals surface area contributed by atoms with Gasteiger partial charge < -0.3 is 0 Å². The van der Waals surface area contributed by atoms with Gasteiger partial charge in [-0.2, -0.15) is 0 Å². The van der Waals surface area contributed by atoms with Crippen molar-refractivity contribution in [3.8, 4) is 0 Å². The Morgan fingerprint density at radius 1 is 0.525 bits per heavy atom. The van der Waals surface area contributed by atoms with Crippen LogP contribution in [-0.2, 0) is 10.8 Å². The van der Waals surface area contributed by atoms with Gasteiger partial charge in [-0.1, -0.05) is 161 Å². The molecule has 1 aromatic rings. The number of benzene rings is 1. The second-order valence-corrected chi connectivity index (χ2v) is 18.9. The Bertz CT molecular complexity index is 883. The Morgan fingerprint density at radius 3 is 1.23 bits per heavy atom. The van der Waals surface area contributed by atoms with E-state index >= 15 is 0 Å². The number of aliphatic imine (C=N–C) groups is 1. The smallest absolute Gasteiger partial charge is 0.0580 e. The third-order valence-corrected chi connectivity index (χ3v) is 8.83. The van der Waals surface area contributed by atoms with Crippen LogP contribution in [0.1, 0.15) is 149 Å². The molecule has 230 valence electrons. The van der Waals surface area contributed by atoms with Crippen molar-refractivity contribution in [3.05, 3.63) is 47.5 Å². The van der Waals surface area contributed by atoms with E-state index in [2.05, 4.69) is 172 Å². The summed E-state index contributed by atoms with van der Waals surface area (Å²) in [5.74, 6) is 2.30. The summed E-state index contributed by atoms with van der Waals surface area (Å²) in [4.78, 5) is 4.63. The summed E-state index contributed by atoms with van der Waals surface area (Å²) in [6.07, 6.45) is 9.34. The summed E-state index contributed by atoms with van der Waals surface area (Å²) in [7, 11) is 0. The van der Waals surface area contributed by atoms with Crippen LogP contribution in [0, 0.1) is 39.4 Å². The van der Waals surface area contributed by atoms with Crippen molar-refractivity contribution >= 4 is 6.21 Å². The van der Waals surface area contributed by atoms with E-state index in [-0.39, 0.29) is 10.8 Å². The molecule has 0 fully saturated rings. The largest absolute Gasteiger partial charge is 0.293 e. The number of rotatable bonds is 0. The van der Waals surface area contributed by atoms with Crippen LogP contribution in [0.3, 0.4) is 0 Å². The molecule has 1 aromatic carbocycles. The van der Waals surface area contributed by atoms with E-state index in [0.717, 1.165) is 18.3 Å². The molecule has 0 aromatic heterocycles. The quantitative estimate of drug-likeness (QED) is 0.284. The average molecular weight is 552 g/mol. The lowest BCUT2D eigenvalue weighted by Crippen LogP contribution is -2.36. The van der Waals surface area contributed by atoms with Gasteiger partial charge in [0.05, 0.1) is 6.04 Å². The highest BCUT2D eigenvalue weighted by atomic mass is 14.9. The van der Waals surface area contributed by atoms with E-state index in [0.29, 0.717) is 33.6 Å². The first kappa shape index (κ1) is 36.7. The van der Waals surface area contributed by atoms with Crippen LogP contribution in [0.5, 0.6) is 0 Å². The zero-order valence-electron chi connectivity index (χ0n) is 30.2. The molecular formula is C39H69N. The Balaban J connectivity index is 0.000000300. The van der Waals surface area contributed by atoms with Crippen LogP contribution in [0.15, 0.2) is 41.4 Å². The lowest BCUT2D eigenvalue weighted by molar-refractivity contribution is 0.120. The fourth-order valence-electron chi connectivity index (χ4n) is 6.40. The molecular weight excluding hydrogens is 482 g/mol. The maximum Gasteiger partial charge on any atom is 0.0580 e. The number of allylic oxidation sites excluding steroid dienone is 2. The van der Waals surface area contributed by atoms with Crippen LogP contribution in [-0.4, -0.2) is 12.3 Å². The second kappa shape index (κ2) is 12.9. The van der Waals surface area contributed by atoms with Gasteiger partial charge in [0.1, 0.15) is 0 Å². The molecule has 3 rings (SSSR count). The average Bonchev–Trinajstić information content (AvgIpc) is 3.42. The maximum absolute atomic E-state index is 4.63. The van der Waals surface area contributed by atoms with Crippen LogP contribution in [0.4, 0.5) is 0 Å². The zero-order chi connectivity index (χ0) is 31.5. The fraction of sp³-hybridized carbons (Fsp3) is 0.769. The van der Waals surface area contributed by atoms with E-state index in [4.69, 9.17) is 0 Å². The predicted molar refractivity (Wildman–Crippen MR) is 183 cm³/mol. The molecule has 1 aliphatic carbocycles. The summed E-state index contributed by atoms with van der Waals surface area (Å²) < 4.78 is 0. The summed E-state index contributed by atoms with van der Waals surface area (Å²) in [5.41, 5.74) is 4.97. The summed E-state index contributed by atoms with van der Waals surface area (Å²) in [6, 6.07) is 9.28. The number of hydrogen-bond donors (Lipinski definition) is 0. The van der Waals surface area contributed by atoms with Crippen molar-refractivity contribution in [2.24, 2.45) is 44.4 Å². The molecule has 0 bridgehead atoms. The Hall–Kier alpha value is -1.37. The van der Waals surface area contributed by atoms with Crippen LogP contribution >= 0.6 is 0 Å². The van der Waals surface area contributed by atoms with Gasteiger partial charge in [0, 0.05) is 0 Å². The first-order chi connectivity index (χ1) is 17.7. The van der Waals surface area contributed by atoms with Crippen molar-refractivity contribution in [2.75, 3.05) is 0 Å². The standard InChI is InChI=1S/C14H22.C13H24.C12H23N/c1-13(2,3)11-9-7-8-10-12(11)14(4,5)6;1-12(2,3)10-8-7-9-11(10)13(4,5)6;1-11(2,3)9-7-8-13-10(9)12(4,5)6/h7-10H,1-6H3;7-8,10-11H,9H2,1-6H3;8-10H,7H2,1-6H3. The molecule has 40 heavy (non-hydrogen) atoms. The van der Waals surface area contributed by atoms with Crippen LogP contribution in [0.2, 0.25) is 0 Å². The topological polar surface area (TPSA) is 12.4 Å². The zero-order valence-corrected chi connectivity index (χ0v) is 30.2. The highest BCUT2D eigenvalue weighted by Crippen LogP contribution is 2.47. The summed E-state index contributed by atoms with van der Waals surface area (Å²) >= 11 is 0. The Morgan fingerprint density at radius 2 is 0.950 bits per heavy atom. The molecule has 0 radical (unpaired) electrons. The minimum Gasteiger partial charge on any atom is -0.293 e. The van der Waals surface area contributed by atoms with Crippen molar-refractivity contribution in [1.82, 2.24) is 0 Å². The fourth-order valence-corrected chi connectivity index (χ4v) is 6.40. The molecule has 1 nitrogen and oxygen atoms in total.